The third-order valence-corrected chi connectivity index (χ3v) is 14.1. The molecule has 0 bridgehead atoms. The van der Waals surface area contributed by atoms with Gasteiger partial charge in [0.25, 0.3) is 5.91 Å². The highest BCUT2D eigenvalue weighted by Crippen LogP contribution is 2.48. The van der Waals surface area contributed by atoms with E-state index in [9.17, 15) is 28.8 Å². The number of aromatic nitrogens is 1. The number of halogens is 2. The van der Waals surface area contributed by atoms with Crippen LogP contribution in [0.1, 0.15) is 85.1 Å². The van der Waals surface area contributed by atoms with E-state index in [4.69, 9.17) is 37.4 Å². The Morgan fingerprint density at radius 1 is 0.610 bits per heavy atom. The van der Waals surface area contributed by atoms with Gasteiger partial charge in [-0.2, -0.15) is 0 Å². The number of anilines is 5. The van der Waals surface area contributed by atoms with Gasteiger partial charge in [-0.3, -0.25) is 28.9 Å². The fourth-order valence-electron chi connectivity index (χ4n) is 9.85. The van der Waals surface area contributed by atoms with E-state index in [2.05, 4.69) is 21.3 Å². The number of fused-ring (bicyclic) bond motifs is 6. The van der Waals surface area contributed by atoms with Crippen LogP contribution in [-0.4, -0.2) is 77.2 Å². The summed E-state index contributed by atoms with van der Waals surface area (Å²) in [5.74, 6) is -0.905. The number of benzene rings is 6. The third kappa shape index (κ3) is 12.3. The van der Waals surface area contributed by atoms with E-state index in [0.29, 0.717) is 51.9 Å². The van der Waals surface area contributed by atoms with E-state index in [1.807, 2.05) is 118 Å². The summed E-state index contributed by atoms with van der Waals surface area (Å²) in [6.07, 6.45) is 0.775. The number of ether oxygens (including phenoxy) is 3. The van der Waals surface area contributed by atoms with Crippen LogP contribution in [0.25, 0.3) is 21.5 Å². The molecule has 0 spiro atoms. The molecule has 9 rings (SSSR count). The number of amides is 6. The lowest BCUT2D eigenvalue weighted by molar-refractivity contribution is -0.121. The van der Waals surface area contributed by atoms with E-state index in [1.54, 1.807) is 35.2 Å². The highest BCUT2D eigenvalue weighted by molar-refractivity contribution is 6.20. The van der Waals surface area contributed by atoms with Crippen LogP contribution in [0.2, 0.25) is 0 Å². The van der Waals surface area contributed by atoms with Crippen LogP contribution in [0.15, 0.2) is 121 Å². The van der Waals surface area contributed by atoms with Crippen molar-refractivity contribution in [3.05, 3.63) is 149 Å². The first-order valence-electron chi connectivity index (χ1n) is 25.3. The van der Waals surface area contributed by atoms with Crippen LogP contribution in [0.4, 0.5) is 33.2 Å². The van der Waals surface area contributed by atoms with E-state index in [-0.39, 0.29) is 80.2 Å². The maximum absolute atomic E-state index is 14.0. The maximum atomic E-state index is 14.0. The van der Waals surface area contributed by atoms with Gasteiger partial charge in [-0.05, 0) is 84.1 Å². The van der Waals surface area contributed by atoms with Gasteiger partial charge < -0.3 is 44.9 Å². The molecule has 2 unspecified atom stereocenters. The molecule has 398 valence electrons. The molecule has 77 heavy (non-hydrogen) atoms. The zero-order valence-electron chi connectivity index (χ0n) is 43.3. The number of nitrogens with one attached hydrogen (secondary N) is 4. The Kier molecular flexibility index (Phi) is 16.1. The number of hydrogen-bond donors (Lipinski definition) is 4. The van der Waals surface area contributed by atoms with Crippen LogP contribution in [-0.2, 0) is 44.2 Å². The Morgan fingerprint density at radius 2 is 1.10 bits per heavy atom. The molecule has 3 heterocycles. The van der Waals surface area contributed by atoms with E-state index >= 15 is 0 Å². The van der Waals surface area contributed by atoms with Crippen molar-refractivity contribution < 1.29 is 43.0 Å². The van der Waals surface area contributed by atoms with Crippen LogP contribution < -0.4 is 40.5 Å². The first-order valence-corrected chi connectivity index (χ1v) is 26.3. The van der Waals surface area contributed by atoms with Gasteiger partial charge in [0, 0.05) is 104 Å². The zero-order valence-corrected chi connectivity index (χ0v) is 44.8. The molecular formula is C59H59Cl2N7O9. The fourth-order valence-corrected chi connectivity index (χ4v) is 10.4. The van der Waals surface area contributed by atoms with Crippen molar-refractivity contribution in [2.45, 2.75) is 71.2 Å². The average molecular weight is 1080 g/mol. The first kappa shape index (κ1) is 53.7. The maximum Gasteiger partial charge on any atom is 0.414 e. The number of carbonyl (C=O) groups excluding carboxylic acids is 6. The van der Waals surface area contributed by atoms with Crippen LogP contribution in [0.3, 0.4) is 0 Å². The fraction of sp³-hybridized carbons (Fsp3) is 0.288. The molecular weight excluding hydrogens is 1020 g/mol. The number of alkyl halides is 2. The van der Waals surface area contributed by atoms with Gasteiger partial charge in [-0.15, -0.1) is 23.2 Å². The molecule has 0 fully saturated rings. The van der Waals surface area contributed by atoms with Crippen molar-refractivity contribution in [3.63, 3.8) is 0 Å². The average Bonchev–Trinajstić information content (AvgIpc) is 4.25. The standard InChI is InChI=1S/C59H59Cl2N7O9/c1-35(69)63-40-16-18-43-45(22-40)50(75-33-36-12-8-6-9-13-36)25-47-55(43)38(27-60)30-67(47)54(72)29-62-57(73)49-24-42(32-66(49)5)65-53(71)21-20-52(70)64-41-17-19-44-46(23-41)51(76-34-37-14-10-7-11-15-37)26-48-56(44)39(28-61)31-68(48)58(74)77-59(2,3)4/h6-19,22-26,32,38-39H,20-21,27-31,33-34H2,1-5H3,(H,62,73)(H,63,69)(H,64,70)(H,65,71). The molecule has 0 saturated carbocycles. The summed E-state index contributed by atoms with van der Waals surface area (Å²) < 4.78 is 20.1. The molecule has 2 aliphatic heterocycles. The second-order valence-electron chi connectivity index (χ2n) is 20.2. The molecule has 0 radical (unpaired) electrons. The van der Waals surface area contributed by atoms with Crippen LogP contribution in [0, 0.1) is 0 Å². The largest absolute Gasteiger partial charge is 0.488 e. The Bertz CT molecular complexity index is 3420. The minimum absolute atomic E-state index is 0.147. The van der Waals surface area contributed by atoms with Crippen molar-refractivity contribution in [2.75, 3.05) is 57.1 Å². The minimum atomic E-state index is -0.713. The highest BCUT2D eigenvalue weighted by atomic mass is 35.5. The van der Waals surface area contributed by atoms with Crippen molar-refractivity contribution in [2.24, 2.45) is 7.05 Å². The summed E-state index contributed by atoms with van der Waals surface area (Å²) in [6, 6.07) is 35.5. The lowest BCUT2D eigenvalue weighted by atomic mass is 9.95. The summed E-state index contributed by atoms with van der Waals surface area (Å²) >= 11 is 13.1. The quantitative estimate of drug-likeness (QED) is 0.0643. The van der Waals surface area contributed by atoms with Gasteiger partial charge in [-0.1, -0.05) is 72.8 Å². The first-order chi connectivity index (χ1) is 37.0. The number of nitrogens with zero attached hydrogens (tertiary/aromatic N) is 3. The second-order valence-corrected chi connectivity index (χ2v) is 20.8. The van der Waals surface area contributed by atoms with Gasteiger partial charge in [-0.25, -0.2) is 4.79 Å². The molecule has 18 heteroatoms. The predicted molar refractivity (Wildman–Crippen MR) is 301 cm³/mol. The lowest BCUT2D eigenvalue weighted by Gasteiger charge is -2.25. The molecule has 7 aromatic rings. The smallest absolute Gasteiger partial charge is 0.414 e. The Labute approximate surface area is 455 Å². The summed E-state index contributed by atoms with van der Waals surface area (Å²) in [7, 11) is 1.64. The van der Waals surface area contributed by atoms with Crippen molar-refractivity contribution >= 4 is 109 Å². The molecule has 1 aromatic heterocycles. The topological polar surface area (TPSA) is 190 Å². The van der Waals surface area contributed by atoms with E-state index in [1.165, 1.54) is 17.6 Å². The van der Waals surface area contributed by atoms with Gasteiger partial charge in [0.1, 0.15) is 36.0 Å². The van der Waals surface area contributed by atoms with Gasteiger partial charge in [0.2, 0.25) is 23.6 Å². The molecule has 6 amide bonds. The number of carbonyl (C=O) groups is 6. The molecule has 16 nitrogen and oxygen atoms in total. The lowest BCUT2D eigenvalue weighted by Crippen LogP contribution is -2.40. The Hall–Kier alpha value is -8.08. The van der Waals surface area contributed by atoms with Crippen molar-refractivity contribution in [1.82, 2.24) is 9.88 Å². The van der Waals surface area contributed by atoms with Gasteiger partial charge in [0.05, 0.1) is 23.6 Å². The van der Waals surface area contributed by atoms with E-state index in [0.717, 1.165) is 38.4 Å². The third-order valence-electron chi connectivity index (χ3n) is 13.3. The van der Waals surface area contributed by atoms with Gasteiger partial charge in [0.15, 0.2) is 0 Å². The normalized spacial score (nSPS) is 14.7. The van der Waals surface area contributed by atoms with E-state index < -0.39 is 29.4 Å². The second kappa shape index (κ2) is 23.0. The molecule has 4 N–H and O–H groups in total. The SMILES string of the molecule is CC(=O)Nc1ccc2c3c(cc(OCc4ccccc4)c2c1)N(C(=O)CNC(=O)c1cc(NC(=O)CCC(=O)Nc2ccc4c5c(cc(OCc6ccccc6)c4c2)N(C(=O)OC(C)(C)C)CC5CCl)cn1C)CC3CCl. The Balaban J connectivity index is 0.839. The van der Waals surface area contributed by atoms with Crippen molar-refractivity contribution in [1.29, 1.82) is 0 Å². The van der Waals surface area contributed by atoms with Crippen LogP contribution in [0.5, 0.6) is 11.5 Å². The minimum Gasteiger partial charge on any atom is -0.488 e. The molecule has 6 aromatic carbocycles. The monoisotopic (exact) mass is 1080 g/mol. The summed E-state index contributed by atoms with van der Waals surface area (Å²) in [5, 5.41) is 14.4. The highest BCUT2D eigenvalue weighted by Gasteiger charge is 2.38. The molecule has 2 aliphatic rings. The number of rotatable bonds is 17. The van der Waals surface area contributed by atoms with Gasteiger partial charge >= 0.3 is 6.09 Å². The summed E-state index contributed by atoms with van der Waals surface area (Å²) in [4.78, 5) is 82.9. The zero-order chi connectivity index (χ0) is 54.5. The van der Waals surface area contributed by atoms with Crippen LogP contribution >= 0.6 is 23.2 Å². The molecule has 0 saturated heterocycles. The number of aryl methyl sites for hydroxylation is 1. The predicted octanol–water partition coefficient (Wildman–Crippen LogP) is 11.0. The molecule has 0 aliphatic carbocycles. The van der Waals surface area contributed by atoms with Crippen molar-refractivity contribution in [3.8, 4) is 11.5 Å². The molecule has 2 atom stereocenters. The number of hydrogen-bond acceptors (Lipinski definition) is 9. The summed E-state index contributed by atoms with van der Waals surface area (Å²) in [5.41, 5.74) is 5.76. The summed E-state index contributed by atoms with van der Waals surface area (Å²) in [6.45, 7) is 7.66. The Morgan fingerprint density at radius 3 is 1.61 bits per heavy atom.